The van der Waals surface area contributed by atoms with Gasteiger partial charge in [-0.2, -0.15) is 0 Å². The number of rotatable bonds is 2. The Morgan fingerprint density at radius 1 is 2.00 bits per heavy atom. The number of nitrogens with one attached hydrogen (secondary N) is 1. The van der Waals surface area contributed by atoms with Crippen molar-refractivity contribution in [3.05, 3.63) is 0 Å². The zero-order chi connectivity index (χ0) is 5.70. The minimum Gasteiger partial charge on any atom is -0.394 e. The van der Waals surface area contributed by atoms with Crippen LogP contribution in [0.15, 0.2) is 0 Å². The largest absolute Gasteiger partial charge is 0.394 e. The van der Waals surface area contributed by atoms with Crippen molar-refractivity contribution in [2.45, 2.75) is 0 Å². The molecular weight excluding hydrogens is 114 g/mol. The minimum atomic E-state index is -0.370. The van der Waals surface area contributed by atoms with Crippen LogP contribution >= 0.6 is 12.9 Å². The van der Waals surface area contributed by atoms with E-state index >= 15 is 0 Å². The van der Waals surface area contributed by atoms with Crippen LogP contribution in [0.1, 0.15) is 0 Å². The van der Waals surface area contributed by atoms with Gasteiger partial charge in [-0.15, -0.1) is 0 Å². The molecule has 42 valence electrons. The summed E-state index contributed by atoms with van der Waals surface area (Å²) in [6, 6.07) is 0. The molecule has 0 heterocycles. The molecule has 0 atom stereocenters. The summed E-state index contributed by atoms with van der Waals surface area (Å²) < 4.78 is 3.98. The lowest BCUT2D eigenvalue weighted by atomic mass is 10.7. The smallest absolute Gasteiger partial charge is 0.331 e. The van der Waals surface area contributed by atoms with Gasteiger partial charge in [0, 0.05) is 12.9 Å². The third-order valence-electron chi connectivity index (χ3n) is 0.423. The van der Waals surface area contributed by atoms with E-state index in [0.29, 0.717) is 0 Å². The van der Waals surface area contributed by atoms with Crippen molar-refractivity contribution < 1.29 is 8.98 Å². The first kappa shape index (κ1) is 6.78. The molecule has 0 spiro atoms. The number of hydrogen-bond donors (Lipinski definition) is 2. The Bertz CT molecular complexity index is 66.0. The average Bonchev–Trinajstić information content (AvgIpc) is 1.68. The molecule has 4 heteroatoms. The van der Waals surface area contributed by atoms with Gasteiger partial charge in [-0.1, -0.05) is 0 Å². The lowest BCUT2D eigenvalue weighted by Gasteiger charge is -1.91. The van der Waals surface area contributed by atoms with E-state index in [1.807, 2.05) is 0 Å². The first-order chi connectivity index (χ1) is 3.31. The van der Waals surface area contributed by atoms with Gasteiger partial charge in [-0.25, -0.2) is 4.79 Å². The van der Waals surface area contributed by atoms with Crippen LogP contribution in [0, 0.1) is 0 Å². The van der Waals surface area contributed by atoms with Crippen molar-refractivity contribution in [1.29, 1.82) is 0 Å². The average molecular weight is 121 g/mol. The lowest BCUT2D eigenvalue weighted by molar-refractivity contribution is -0.131. The van der Waals surface area contributed by atoms with Gasteiger partial charge in [-0.3, -0.25) is 0 Å². The summed E-state index contributed by atoms with van der Waals surface area (Å²) in [4.78, 5) is 10.1. The Morgan fingerprint density at radius 2 is 2.57 bits per heavy atom. The Kier molecular flexibility index (Phi) is 3.83. The molecule has 0 saturated heterocycles. The van der Waals surface area contributed by atoms with Gasteiger partial charge in [0.05, 0.1) is 6.54 Å². The Balaban J connectivity index is 3.00. The second kappa shape index (κ2) is 3.95. The van der Waals surface area contributed by atoms with Crippen LogP contribution in [0.3, 0.4) is 0 Å². The highest BCUT2D eigenvalue weighted by atomic mass is 32.1. The molecule has 0 saturated carbocycles. The summed E-state index contributed by atoms with van der Waals surface area (Å²) in [5, 5.41) is 2.59. The highest BCUT2D eigenvalue weighted by molar-refractivity contribution is 7.75. The van der Waals surface area contributed by atoms with Crippen LogP contribution in [-0.4, -0.2) is 19.6 Å². The maximum absolute atomic E-state index is 10.1. The fourth-order valence-corrected chi connectivity index (χ4v) is 0.241. The van der Waals surface area contributed by atoms with Crippen molar-refractivity contribution >= 4 is 18.9 Å². The lowest BCUT2D eigenvalue weighted by Crippen LogP contribution is -2.17. The maximum atomic E-state index is 10.1. The van der Waals surface area contributed by atoms with E-state index in [4.69, 9.17) is 0 Å². The van der Waals surface area contributed by atoms with Crippen molar-refractivity contribution in [3.63, 3.8) is 0 Å². The predicted molar refractivity (Wildman–Crippen MR) is 29.0 cm³/mol. The third kappa shape index (κ3) is 3.61. The highest BCUT2D eigenvalue weighted by Crippen LogP contribution is 1.76. The van der Waals surface area contributed by atoms with E-state index in [9.17, 15) is 4.79 Å². The van der Waals surface area contributed by atoms with Gasteiger partial charge >= 0.3 is 5.97 Å². The van der Waals surface area contributed by atoms with E-state index in [-0.39, 0.29) is 12.5 Å². The first-order valence-corrected chi connectivity index (χ1v) is 2.16. The van der Waals surface area contributed by atoms with Crippen LogP contribution in [-0.2, 0) is 8.98 Å². The van der Waals surface area contributed by atoms with Gasteiger partial charge in [0.2, 0.25) is 0 Å². The molecular formula is C3H7NO2S. The molecule has 7 heavy (non-hydrogen) atoms. The molecule has 0 fully saturated rings. The fraction of sp³-hybridized carbons (Fsp3) is 0.667. The Morgan fingerprint density at radius 3 is 2.71 bits per heavy atom. The molecule has 0 aromatic heterocycles. The second-order valence-corrected chi connectivity index (χ2v) is 1.18. The number of carbonyl (C=O) groups excluding carboxylic acids is 1. The molecule has 1 N–H and O–H groups in total. The highest BCUT2D eigenvalue weighted by Gasteiger charge is 1.93. The van der Waals surface area contributed by atoms with Crippen LogP contribution in [0.5, 0.6) is 0 Å². The van der Waals surface area contributed by atoms with Crippen LogP contribution in [0.2, 0.25) is 0 Å². The SMILES string of the molecule is CNCC(=O)OS. The van der Waals surface area contributed by atoms with E-state index in [1.165, 1.54) is 0 Å². The molecule has 3 nitrogen and oxygen atoms in total. The molecule has 0 unspecified atom stereocenters. The summed E-state index contributed by atoms with van der Waals surface area (Å²) in [5.41, 5.74) is 0. The van der Waals surface area contributed by atoms with E-state index < -0.39 is 0 Å². The molecule has 0 aliphatic heterocycles. The second-order valence-electron chi connectivity index (χ2n) is 0.994. The predicted octanol–water partition coefficient (Wildman–Crippen LogP) is -0.406. The minimum absolute atomic E-state index is 0.212. The standard InChI is InChI=1S/C3H7NO2S/c1-4-2-3(5)6-7/h4,7H,2H2,1H3. The van der Waals surface area contributed by atoms with Crippen LogP contribution in [0.25, 0.3) is 0 Å². The van der Waals surface area contributed by atoms with Gasteiger partial charge < -0.3 is 9.50 Å². The number of hydrogen-bond acceptors (Lipinski definition) is 4. The monoisotopic (exact) mass is 121 g/mol. The summed E-state index contributed by atoms with van der Waals surface area (Å²) in [5.74, 6) is -0.370. The normalized spacial score (nSPS) is 8.29. The molecule has 0 aliphatic carbocycles. The zero-order valence-electron chi connectivity index (χ0n) is 3.97. The molecule has 0 aliphatic rings. The first-order valence-electron chi connectivity index (χ1n) is 1.80. The van der Waals surface area contributed by atoms with Gasteiger partial charge in [0.25, 0.3) is 0 Å². The summed E-state index contributed by atoms with van der Waals surface area (Å²) in [7, 11) is 1.66. The third-order valence-corrected chi connectivity index (χ3v) is 0.627. The van der Waals surface area contributed by atoms with Gasteiger partial charge in [0.1, 0.15) is 0 Å². The molecule has 0 aromatic carbocycles. The zero-order valence-corrected chi connectivity index (χ0v) is 4.87. The number of carbonyl (C=O) groups is 1. The summed E-state index contributed by atoms with van der Waals surface area (Å²) in [6.45, 7) is 0.212. The van der Waals surface area contributed by atoms with E-state index in [0.717, 1.165) is 0 Å². The van der Waals surface area contributed by atoms with Crippen LogP contribution < -0.4 is 5.32 Å². The fourth-order valence-electron chi connectivity index (χ4n) is 0.177. The Hall–Kier alpha value is -0.220. The van der Waals surface area contributed by atoms with Crippen LogP contribution in [0.4, 0.5) is 0 Å². The Labute approximate surface area is 47.7 Å². The summed E-state index contributed by atoms with van der Waals surface area (Å²) >= 11 is 3.26. The molecule has 0 amide bonds. The van der Waals surface area contributed by atoms with E-state index in [1.54, 1.807) is 7.05 Å². The van der Waals surface area contributed by atoms with Crippen molar-refractivity contribution in [1.82, 2.24) is 5.32 Å². The molecule has 0 aromatic rings. The quantitative estimate of drug-likeness (QED) is 0.385. The molecule has 0 bridgehead atoms. The molecule has 0 radical (unpaired) electrons. The van der Waals surface area contributed by atoms with Gasteiger partial charge in [0.15, 0.2) is 0 Å². The molecule has 0 rings (SSSR count). The van der Waals surface area contributed by atoms with Crippen molar-refractivity contribution in [2.75, 3.05) is 13.6 Å². The summed E-state index contributed by atoms with van der Waals surface area (Å²) in [6.07, 6.45) is 0. The maximum Gasteiger partial charge on any atom is 0.331 e. The van der Waals surface area contributed by atoms with E-state index in [2.05, 4.69) is 22.4 Å². The number of thiol groups is 1. The van der Waals surface area contributed by atoms with Gasteiger partial charge in [-0.05, 0) is 7.05 Å². The number of likely N-dealkylation sites (N-methyl/N-ethyl adjacent to an activating group) is 1. The van der Waals surface area contributed by atoms with Crippen molar-refractivity contribution in [2.24, 2.45) is 0 Å². The van der Waals surface area contributed by atoms with Crippen molar-refractivity contribution in [3.8, 4) is 0 Å². The topological polar surface area (TPSA) is 38.3 Å².